The third-order valence-corrected chi connectivity index (χ3v) is 8.23. The van der Waals surface area contributed by atoms with E-state index in [-0.39, 0.29) is 46.6 Å². The topological polar surface area (TPSA) is 139 Å². The lowest BCUT2D eigenvalue weighted by atomic mass is 9.96. The van der Waals surface area contributed by atoms with Crippen molar-refractivity contribution in [2.75, 3.05) is 31.6 Å². The molecule has 0 bridgehead atoms. The van der Waals surface area contributed by atoms with E-state index in [0.717, 1.165) is 42.8 Å². The Bertz CT molecular complexity index is 1780. The number of carbonyl (C=O) groups is 2. The summed E-state index contributed by atoms with van der Waals surface area (Å²) in [6, 6.07) is 11.1. The van der Waals surface area contributed by atoms with E-state index >= 15 is 0 Å². The lowest BCUT2D eigenvalue weighted by molar-refractivity contribution is -0.113. The number of alkyl halides is 2. The summed E-state index contributed by atoms with van der Waals surface area (Å²) in [5, 5.41) is 15.6. The van der Waals surface area contributed by atoms with Crippen LogP contribution in [0.1, 0.15) is 77.4 Å². The average Bonchev–Trinajstić information content (AvgIpc) is 3.73. The molecule has 2 N–H and O–H groups in total. The minimum atomic E-state index is -2.97. The average molecular weight is 647 g/mol. The molecule has 1 saturated carbocycles. The summed E-state index contributed by atoms with van der Waals surface area (Å²) in [7, 11) is 0. The van der Waals surface area contributed by atoms with Crippen molar-refractivity contribution in [2.24, 2.45) is 0 Å². The highest BCUT2D eigenvalue weighted by Gasteiger charge is 2.46. The van der Waals surface area contributed by atoms with Gasteiger partial charge in [-0.1, -0.05) is 6.07 Å². The highest BCUT2D eigenvalue weighted by atomic mass is 19.3. The fraction of sp³-hybridized carbons (Fsp3) is 0.441. The van der Waals surface area contributed by atoms with Crippen molar-refractivity contribution in [3.05, 3.63) is 75.2 Å². The van der Waals surface area contributed by atoms with Crippen LogP contribution < -0.4 is 20.9 Å². The van der Waals surface area contributed by atoms with Gasteiger partial charge >= 0.3 is 0 Å². The molecule has 246 valence electrons. The fourth-order valence-corrected chi connectivity index (χ4v) is 5.81. The number of hydrogen-bond donors (Lipinski definition) is 2. The molecule has 3 aliphatic rings. The van der Waals surface area contributed by atoms with E-state index in [9.17, 15) is 28.4 Å². The van der Waals surface area contributed by atoms with Crippen molar-refractivity contribution >= 4 is 17.6 Å². The van der Waals surface area contributed by atoms with E-state index in [1.807, 2.05) is 6.07 Å². The Hall–Kier alpha value is -4.67. The molecule has 1 atom stereocenters. The minimum Gasteiger partial charge on any atom is -0.475 e. The van der Waals surface area contributed by atoms with Gasteiger partial charge in [0.15, 0.2) is 0 Å². The van der Waals surface area contributed by atoms with Gasteiger partial charge in [0.25, 0.3) is 23.3 Å². The number of benzene rings is 1. The largest absolute Gasteiger partial charge is 0.475 e. The van der Waals surface area contributed by atoms with E-state index in [4.69, 9.17) is 9.47 Å². The summed E-state index contributed by atoms with van der Waals surface area (Å²) in [6.07, 6.45) is 5.38. The smallest absolute Gasteiger partial charge is 0.282 e. The first-order valence-corrected chi connectivity index (χ1v) is 15.8. The van der Waals surface area contributed by atoms with Crippen molar-refractivity contribution in [2.45, 2.75) is 70.2 Å². The molecule has 3 aromatic rings. The zero-order valence-electron chi connectivity index (χ0n) is 26.2. The first kappa shape index (κ1) is 32.3. The Morgan fingerprint density at radius 2 is 1.94 bits per heavy atom. The maximum atomic E-state index is 13.7. The lowest BCUT2D eigenvalue weighted by Crippen LogP contribution is -2.58. The quantitative estimate of drug-likeness (QED) is 0.310. The number of pyridine rings is 2. The van der Waals surface area contributed by atoms with Crippen LogP contribution in [0.15, 0.2) is 47.4 Å². The highest BCUT2D eigenvalue weighted by Crippen LogP contribution is 2.35. The van der Waals surface area contributed by atoms with E-state index in [1.54, 1.807) is 42.8 Å². The van der Waals surface area contributed by atoms with Gasteiger partial charge in [0.05, 0.1) is 36.9 Å². The zero-order chi connectivity index (χ0) is 33.3. The van der Waals surface area contributed by atoms with Crippen molar-refractivity contribution in [3.63, 3.8) is 0 Å². The van der Waals surface area contributed by atoms with E-state index < -0.39 is 36.4 Å². The van der Waals surface area contributed by atoms with Gasteiger partial charge in [-0.15, -0.1) is 0 Å². The molecule has 0 radical (unpaired) electrons. The van der Waals surface area contributed by atoms with Crippen LogP contribution in [0.5, 0.6) is 5.88 Å². The van der Waals surface area contributed by atoms with E-state index in [1.165, 1.54) is 18.2 Å². The van der Waals surface area contributed by atoms with Crippen LogP contribution in [0.25, 0.3) is 11.1 Å². The monoisotopic (exact) mass is 646 g/mol. The number of ether oxygens (including phenoxy) is 2. The third-order valence-electron chi connectivity index (χ3n) is 8.23. The molecule has 47 heavy (non-hydrogen) atoms. The molecule has 0 spiro atoms. The second-order valence-electron chi connectivity index (χ2n) is 12.6. The van der Waals surface area contributed by atoms with Gasteiger partial charge < -0.3 is 29.6 Å². The van der Waals surface area contributed by atoms with Gasteiger partial charge in [-0.25, -0.2) is 8.78 Å². The molecule has 6 rings (SSSR count). The lowest BCUT2D eigenvalue weighted by Gasteiger charge is -2.39. The summed E-state index contributed by atoms with van der Waals surface area (Å²) in [4.78, 5) is 45.9. The molecule has 3 fully saturated rings. The standard InChI is InChI=1S/C34H36F2N6O5/c1-20(2)47-30-13-23(26-8-5-21(14-37)10-27(26)32(44)41-18-34(35,36)19-41)12-29(39-30)40-31(43)28-11-22(15-38-16-25-4-3-9-46-25)17-42(33(28)45)24-6-7-24/h5,8,10-13,17,20,24-25,38H,3-4,6-7,9,15-16,18-19H2,1-2H3,(H,39,40,43)/t25-/m0/s1. The van der Waals surface area contributed by atoms with E-state index in [2.05, 4.69) is 15.6 Å². The van der Waals surface area contributed by atoms with Gasteiger partial charge in [-0.3, -0.25) is 14.4 Å². The van der Waals surface area contributed by atoms with Gasteiger partial charge in [0.1, 0.15) is 11.4 Å². The normalized spacial score (nSPS) is 18.5. The summed E-state index contributed by atoms with van der Waals surface area (Å²) in [5.74, 6) is -4.09. The Labute approximate surface area is 270 Å². The second kappa shape index (κ2) is 13.2. The number of likely N-dealkylation sites (tertiary alicyclic amines) is 1. The maximum Gasteiger partial charge on any atom is 0.282 e. The zero-order valence-corrected chi connectivity index (χ0v) is 26.2. The van der Waals surface area contributed by atoms with Crippen LogP contribution in [0.2, 0.25) is 0 Å². The second-order valence-corrected chi connectivity index (χ2v) is 12.6. The molecule has 1 aliphatic carbocycles. The molecule has 0 unspecified atom stereocenters. The van der Waals surface area contributed by atoms with E-state index in [0.29, 0.717) is 24.2 Å². The molecular formula is C34H36F2N6O5. The Kier molecular flexibility index (Phi) is 9.07. The third kappa shape index (κ3) is 7.50. The van der Waals surface area contributed by atoms with Crippen molar-refractivity contribution in [1.29, 1.82) is 5.26 Å². The van der Waals surface area contributed by atoms with Crippen LogP contribution in [0, 0.1) is 11.3 Å². The molecule has 2 amide bonds. The number of amides is 2. The number of carbonyl (C=O) groups excluding carboxylic acids is 2. The summed E-state index contributed by atoms with van der Waals surface area (Å²) >= 11 is 0. The highest BCUT2D eigenvalue weighted by molar-refractivity contribution is 6.05. The molecule has 4 heterocycles. The molecule has 11 nitrogen and oxygen atoms in total. The SMILES string of the molecule is CC(C)Oc1cc(-c2ccc(C#N)cc2C(=O)N2CC(F)(F)C2)cc(NC(=O)c2cc(CNC[C@@H]3CCCO3)cn(C3CC3)c2=O)n1. The molecule has 2 aromatic heterocycles. The fourth-order valence-electron chi connectivity index (χ4n) is 5.81. The number of hydrogen-bond acceptors (Lipinski definition) is 8. The van der Waals surface area contributed by atoms with Gasteiger partial charge in [0.2, 0.25) is 5.88 Å². The van der Waals surface area contributed by atoms with Gasteiger partial charge in [-0.2, -0.15) is 10.2 Å². The maximum absolute atomic E-state index is 13.7. The number of aromatic nitrogens is 2. The number of nitrogens with zero attached hydrogens (tertiary/aromatic N) is 4. The predicted octanol–water partition coefficient (Wildman–Crippen LogP) is 4.52. The number of anilines is 1. The first-order valence-electron chi connectivity index (χ1n) is 15.8. The summed E-state index contributed by atoms with van der Waals surface area (Å²) < 4.78 is 40.4. The number of halogens is 2. The summed E-state index contributed by atoms with van der Waals surface area (Å²) in [5.41, 5.74) is 1.30. The van der Waals surface area contributed by atoms with Crippen molar-refractivity contribution < 1.29 is 27.8 Å². The van der Waals surface area contributed by atoms with Crippen LogP contribution in [-0.4, -0.2) is 70.6 Å². The van der Waals surface area contributed by atoms with Crippen LogP contribution in [0.4, 0.5) is 14.6 Å². The van der Waals surface area contributed by atoms with Crippen molar-refractivity contribution in [3.8, 4) is 23.1 Å². The van der Waals surface area contributed by atoms with Crippen LogP contribution in [0.3, 0.4) is 0 Å². The Morgan fingerprint density at radius 1 is 1.15 bits per heavy atom. The number of nitrogens with one attached hydrogen (secondary N) is 2. The van der Waals surface area contributed by atoms with Gasteiger partial charge in [0, 0.05) is 43.6 Å². The predicted molar refractivity (Wildman–Crippen MR) is 169 cm³/mol. The van der Waals surface area contributed by atoms with Crippen LogP contribution >= 0.6 is 0 Å². The first-order chi connectivity index (χ1) is 22.5. The van der Waals surface area contributed by atoms with Gasteiger partial charge in [-0.05, 0) is 80.5 Å². The Balaban J connectivity index is 1.31. The molecule has 2 aliphatic heterocycles. The minimum absolute atomic E-state index is 0.0401. The van der Waals surface area contributed by atoms with Crippen LogP contribution in [-0.2, 0) is 11.3 Å². The number of nitriles is 1. The molecule has 13 heteroatoms. The van der Waals surface area contributed by atoms with Crippen molar-refractivity contribution in [1.82, 2.24) is 19.8 Å². The molecular weight excluding hydrogens is 610 g/mol. The summed E-state index contributed by atoms with van der Waals surface area (Å²) in [6.45, 7) is 4.03. The Morgan fingerprint density at radius 3 is 2.60 bits per heavy atom. The molecule has 1 aromatic carbocycles. The molecule has 2 saturated heterocycles. The number of rotatable bonds is 11.